The molecule has 0 saturated heterocycles. The summed E-state index contributed by atoms with van der Waals surface area (Å²) >= 11 is 7.34. The normalized spacial score (nSPS) is 11.9. The van der Waals surface area contributed by atoms with E-state index in [2.05, 4.69) is 4.98 Å². The number of halogens is 1. The van der Waals surface area contributed by atoms with Gasteiger partial charge in [0.2, 0.25) is 0 Å². The molecule has 0 aliphatic heterocycles. The standard InChI is InChI=1S/C21H17ClN2O4S/c1-11-18(13-4-6-14(27-2)7-5-13)23-21-24(11)20(26)17(29-21)10-12-8-15(22)19(25)16(9-12)28-3/h4-10,25H,1-3H3. The number of nitrogens with zero attached hydrogens (tertiary/aromatic N) is 2. The number of aromatic hydroxyl groups is 1. The third-order valence-electron chi connectivity index (χ3n) is 4.62. The van der Waals surface area contributed by atoms with Crippen LogP contribution in [0, 0.1) is 6.92 Å². The van der Waals surface area contributed by atoms with Crippen molar-refractivity contribution in [3.8, 4) is 28.5 Å². The third-order valence-corrected chi connectivity index (χ3v) is 5.88. The maximum Gasteiger partial charge on any atom is 0.274 e. The number of fused-ring (bicyclic) bond motifs is 1. The number of benzene rings is 2. The largest absolute Gasteiger partial charge is 0.503 e. The summed E-state index contributed by atoms with van der Waals surface area (Å²) in [4.78, 5) is 18.2. The Balaban J connectivity index is 1.83. The van der Waals surface area contributed by atoms with E-state index in [1.807, 2.05) is 31.2 Å². The molecule has 4 aromatic rings. The lowest BCUT2D eigenvalue weighted by molar-refractivity contribution is 0.373. The molecule has 29 heavy (non-hydrogen) atoms. The van der Waals surface area contributed by atoms with E-state index in [1.165, 1.54) is 18.4 Å². The number of methoxy groups -OCH3 is 2. The van der Waals surface area contributed by atoms with Gasteiger partial charge in [-0.25, -0.2) is 4.98 Å². The van der Waals surface area contributed by atoms with Gasteiger partial charge < -0.3 is 14.6 Å². The molecule has 2 aromatic heterocycles. The molecule has 6 nitrogen and oxygen atoms in total. The van der Waals surface area contributed by atoms with E-state index in [0.29, 0.717) is 15.1 Å². The number of phenolic OH excluding ortho intramolecular Hbond substituents is 1. The van der Waals surface area contributed by atoms with Gasteiger partial charge in [-0.05, 0) is 55.0 Å². The van der Waals surface area contributed by atoms with Crippen LogP contribution >= 0.6 is 22.9 Å². The first-order chi connectivity index (χ1) is 13.9. The first kappa shape index (κ1) is 19.3. The molecule has 0 fully saturated rings. The SMILES string of the molecule is COc1ccc(-c2nc3sc(=Cc4cc(Cl)c(O)c(OC)c4)c(=O)n3c2C)cc1. The van der Waals surface area contributed by atoms with Crippen molar-refractivity contribution in [2.45, 2.75) is 6.92 Å². The van der Waals surface area contributed by atoms with Gasteiger partial charge in [0.1, 0.15) is 5.75 Å². The van der Waals surface area contributed by atoms with E-state index in [1.54, 1.807) is 29.7 Å². The summed E-state index contributed by atoms with van der Waals surface area (Å²) in [7, 11) is 3.06. The van der Waals surface area contributed by atoms with E-state index in [4.69, 9.17) is 21.1 Å². The molecule has 1 N–H and O–H groups in total. The Morgan fingerprint density at radius 1 is 1.17 bits per heavy atom. The van der Waals surface area contributed by atoms with Crippen LogP contribution in [0.5, 0.6) is 17.2 Å². The number of phenols is 1. The fraction of sp³-hybridized carbons (Fsp3) is 0.143. The van der Waals surface area contributed by atoms with Gasteiger partial charge >= 0.3 is 0 Å². The number of hydrogen-bond acceptors (Lipinski definition) is 6. The maximum atomic E-state index is 13.0. The van der Waals surface area contributed by atoms with Crippen LogP contribution in [-0.4, -0.2) is 28.7 Å². The predicted octanol–water partition coefficient (Wildman–Crippen LogP) is 3.66. The highest BCUT2D eigenvalue weighted by atomic mass is 35.5. The van der Waals surface area contributed by atoms with Gasteiger partial charge in [-0.1, -0.05) is 22.9 Å². The fourth-order valence-electron chi connectivity index (χ4n) is 3.13. The summed E-state index contributed by atoms with van der Waals surface area (Å²) < 4.78 is 12.4. The molecule has 0 aliphatic carbocycles. The summed E-state index contributed by atoms with van der Waals surface area (Å²) in [6, 6.07) is 10.8. The summed E-state index contributed by atoms with van der Waals surface area (Å²) in [5.74, 6) is 0.877. The number of thiazole rings is 1. The lowest BCUT2D eigenvalue weighted by atomic mass is 10.1. The fourth-order valence-corrected chi connectivity index (χ4v) is 4.37. The van der Waals surface area contributed by atoms with Crippen molar-refractivity contribution in [3.05, 3.63) is 67.6 Å². The van der Waals surface area contributed by atoms with Gasteiger partial charge in [0.15, 0.2) is 16.5 Å². The first-order valence-corrected chi connectivity index (χ1v) is 9.87. The Bertz CT molecular complexity index is 1330. The van der Waals surface area contributed by atoms with Crippen LogP contribution in [0.3, 0.4) is 0 Å². The lowest BCUT2D eigenvalue weighted by Crippen LogP contribution is -2.23. The molecular weight excluding hydrogens is 412 g/mol. The Kier molecular flexibility index (Phi) is 4.94. The van der Waals surface area contributed by atoms with Crippen LogP contribution in [0.4, 0.5) is 0 Å². The predicted molar refractivity (Wildman–Crippen MR) is 115 cm³/mol. The van der Waals surface area contributed by atoms with Gasteiger partial charge in [0, 0.05) is 5.56 Å². The molecule has 0 saturated carbocycles. The Labute approximate surface area is 175 Å². The van der Waals surface area contributed by atoms with Crippen LogP contribution in [0.1, 0.15) is 11.3 Å². The van der Waals surface area contributed by atoms with E-state index >= 15 is 0 Å². The topological polar surface area (TPSA) is 73.1 Å². The molecule has 0 aliphatic rings. The molecule has 0 bridgehead atoms. The minimum Gasteiger partial charge on any atom is -0.503 e. The number of rotatable bonds is 4. The average molecular weight is 429 g/mol. The zero-order valence-electron chi connectivity index (χ0n) is 15.9. The summed E-state index contributed by atoms with van der Waals surface area (Å²) in [6.07, 6.45) is 1.71. The zero-order valence-corrected chi connectivity index (χ0v) is 17.5. The molecule has 0 amide bonds. The zero-order chi connectivity index (χ0) is 20.7. The van der Waals surface area contributed by atoms with Crippen LogP contribution in [0.2, 0.25) is 5.02 Å². The van der Waals surface area contributed by atoms with Crippen molar-refractivity contribution in [3.63, 3.8) is 0 Å². The molecule has 0 unspecified atom stereocenters. The van der Waals surface area contributed by atoms with Crippen LogP contribution in [0.25, 0.3) is 22.3 Å². The quantitative estimate of drug-likeness (QED) is 0.537. The molecule has 148 valence electrons. The smallest absolute Gasteiger partial charge is 0.274 e. The van der Waals surface area contributed by atoms with E-state index in [-0.39, 0.29) is 22.1 Å². The van der Waals surface area contributed by atoms with Gasteiger partial charge in [-0.15, -0.1) is 0 Å². The molecule has 2 aromatic carbocycles. The second-order valence-corrected chi connectivity index (χ2v) is 7.78. The Hall–Kier alpha value is -3.03. The molecule has 0 spiro atoms. The Morgan fingerprint density at radius 2 is 1.90 bits per heavy atom. The van der Waals surface area contributed by atoms with Crippen molar-refractivity contribution in [1.29, 1.82) is 0 Å². The van der Waals surface area contributed by atoms with Crippen molar-refractivity contribution in [1.82, 2.24) is 9.38 Å². The van der Waals surface area contributed by atoms with Gasteiger partial charge in [-0.3, -0.25) is 9.20 Å². The number of aromatic nitrogens is 2. The number of aryl methyl sites for hydroxylation is 1. The summed E-state index contributed by atoms with van der Waals surface area (Å²) in [6.45, 7) is 1.87. The minimum atomic E-state index is -0.155. The summed E-state index contributed by atoms with van der Waals surface area (Å²) in [5.41, 5.74) is 2.95. The molecule has 2 heterocycles. The van der Waals surface area contributed by atoms with Crippen LogP contribution in [-0.2, 0) is 0 Å². The first-order valence-electron chi connectivity index (χ1n) is 8.67. The Morgan fingerprint density at radius 3 is 2.52 bits per heavy atom. The van der Waals surface area contributed by atoms with Crippen LogP contribution in [0.15, 0.2) is 41.2 Å². The monoisotopic (exact) mass is 428 g/mol. The van der Waals surface area contributed by atoms with Gasteiger partial charge in [0.25, 0.3) is 5.56 Å². The highest BCUT2D eigenvalue weighted by Crippen LogP contribution is 2.35. The average Bonchev–Trinajstić information content (AvgIpc) is 3.21. The second kappa shape index (κ2) is 7.42. The molecule has 0 radical (unpaired) electrons. The number of hydrogen-bond donors (Lipinski definition) is 1. The molecular formula is C21H17ClN2O4S. The molecule has 4 rings (SSSR count). The van der Waals surface area contributed by atoms with Crippen molar-refractivity contribution in [2.24, 2.45) is 0 Å². The van der Waals surface area contributed by atoms with Crippen LogP contribution < -0.4 is 19.6 Å². The van der Waals surface area contributed by atoms with E-state index in [0.717, 1.165) is 22.7 Å². The highest BCUT2D eigenvalue weighted by Gasteiger charge is 2.16. The lowest BCUT2D eigenvalue weighted by Gasteiger charge is -2.05. The van der Waals surface area contributed by atoms with Crippen molar-refractivity contribution < 1.29 is 14.6 Å². The van der Waals surface area contributed by atoms with E-state index < -0.39 is 0 Å². The van der Waals surface area contributed by atoms with Crippen molar-refractivity contribution >= 4 is 34.0 Å². The minimum absolute atomic E-state index is 0.130. The second-order valence-electron chi connectivity index (χ2n) is 6.36. The number of imidazole rings is 1. The maximum absolute atomic E-state index is 13.0. The van der Waals surface area contributed by atoms with Gasteiger partial charge in [-0.2, -0.15) is 0 Å². The molecule has 0 atom stereocenters. The molecule has 8 heteroatoms. The van der Waals surface area contributed by atoms with E-state index in [9.17, 15) is 9.90 Å². The van der Waals surface area contributed by atoms with Crippen molar-refractivity contribution in [2.75, 3.05) is 14.2 Å². The summed E-state index contributed by atoms with van der Waals surface area (Å²) in [5, 5.41) is 10.0. The third kappa shape index (κ3) is 3.32. The van der Waals surface area contributed by atoms with Gasteiger partial charge in [0.05, 0.1) is 35.2 Å². The highest BCUT2D eigenvalue weighted by molar-refractivity contribution is 7.15. The number of ether oxygens (including phenoxy) is 2.